The number of nitrogens with one attached hydrogen (secondary N) is 2. The van der Waals surface area contributed by atoms with E-state index < -0.39 is 12.0 Å². The van der Waals surface area contributed by atoms with Crippen LogP contribution < -0.4 is 10.6 Å². The maximum Gasteiger partial charge on any atom is 0.338 e. The van der Waals surface area contributed by atoms with Crippen molar-refractivity contribution in [3.63, 3.8) is 0 Å². The number of carbonyl (C=O) groups excluding carboxylic acids is 3. The molecule has 9 heteroatoms. The summed E-state index contributed by atoms with van der Waals surface area (Å²) >= 11 is 3.36. The molecule has 1 unspecified atom stereocenters. The van der Waals surface area contributed by atoms with Gasteiger partial charge in [0.25, 0.3) is 5.91 Å². The highest BCUT2D eigenvalue weighted by Gasteiger charge is 2.36. The molecule has 2 aromatic carbocycles. The number of allylic oxidation sites excluding steroid dienone is 1. The third-order valence-corrected chi connectivity index (χ3v) is 6.21. The number of ether oxygens (including phenoxy) is 2. The lowest BCUT2D eigenvalue weighted by atomic mass is 9.94. The average Bonchev–Trinajstić information content (AvgIpc) is 2.84. The Morgan fingerprint density at radius 2 is 1.77 bits per heavy atom. The van der Waals surface area contributed by atoms with Crippen molar-refractivity contribution in [2.45, 2.75) is 32.7 Å². The second-order valence-electron chi connectivity index (χ2n) is 8.10. The Bertz CT molecular complexity index is 1080. The summed E-state index contributed by atoms with van der Waals surface area (Å²) in [6.45, 7) is 4.71. The van der Waals surface area contributed by atoms with Crippen LogP contribution in [0.2, 0.25) is 0 Å². The van der Waals surface area contributed by atoms with Crippen molar-refractivity contribution >= 4 is 39.5 Å². The number of urea groups is 1. The van der Waals surface area contributed by atoms with Crippen molar-refractivity contribution in [2.75, 3.05) is 32.2 Å². The van der Waals surface area contributed by atoms with Crippen LogP contribution in [0.1, 0.15) is 48.7 Å². The number of hydrogen-bond acceptors (Lipinski definition) is 5. The van der Waals surface area contributed by atoms with Crippen molar-refractivity contribution in [3.05, 3.63) is 75.4 Å². The maximum atomic E-state index is 13.0. The summed E-state index contributed by atoms with van der Waals surface area (Å²) in [5, 5.41) is 5.80. The summed E-state index contributed by atoms with van der Waals surface area (Å²) in [5.74, 6) is -0.736. The molecule has 0 aromatic heterocycles. The summed E-state index contributed by atoms with van der Waals surface area (Å²) in [4.78, 5) is 40.0. The Morgan fingerprint density at radius 1 is 1.09 bits per heavy atom. The zero-order chi connectivity index (χ0) is 25.4. The van der Waals surface area contributed by atoms with Gasteiger partial charge in [-0.1, -0.05) is 41.4 Å². The standard InChI is InChI=1S/C26H30BrN3O5/c1-4-5-14-30-17(2)22(25(32)35-16-15-34-3)23(29-26(30)33)18-8-12-21(13-9-18)28-24(31)19-6-10-20(27)11-7-19/h6-13,23H,4-5,14-16H2,1-3H3,(H,28,31)(H,29,33). The van der Waals surface area contributed by atoms with Gasteiger partial charge >= 0.3 is 12.0 Å². The largest absolute Gasteiger partial charge is 0.460 e. The quantitative estimate of drug-likeness (QED) is 0.323. The molecule has 1 aliphatic heterocycles. The van der Waals surface area contributed by atoms with Gasteiger partial charge in [0.2, 0.25) is 0 Å². The third-order valence-electron chi connectivity index (χ3n) is 5.68. The number of unbranched alkanes of at least 4 members (excludes halogenated alkanes) is 1. The van der Waals surface area contributed by atoms with Gasteiger partial charge in [0, 0.05) is 35.1 Å². The first-order valence-electron chi connectivity index (χ1n) is 11.5. The van der Waals surface area contributed by atoms with Crippen molar-refractivity contribution < 1.29 is 23.9 Å². The SMILES string of the molecule is CCCCN1C(=O)NC(c2ccc(NC(=O)c3ccc(Br)cc3)cc2)C(C(=O)OCCOC)=C1C. The lowest BCUT2D eigenvalue weighted by Crippen LogP contribution is -2.48. The van der Waals surface area contributed by atoms with Crippen LogP contribution in [-0.2, 0) is 14.3 Å². The first-order chi connectivity index (χ1) is 16.8. The molecule has 3 amide bonds. The predicted octanol–water partition coefficient (Wildman–Crippen LogP) is 5.03. The second kappa shape index (κ2) is 12.5. The third kappa shape index (κ3) is 6.70. The van der Waals surface area contributed by atoms with E-state index in [2.05, 4.69) is 26.6 Å². The molecule has 1 aliphatic rings. The monoisotopic (exact) mass is 543 g/mol. The number of methoxy groups -OCH3 is 1. The molecule has 0 aliphatic carbocycles. The van der Waals surface area contributed by atoms with E-state index in [-0.39, 0.29) is 25.2 Å². The molecule has 2 aromatic rings. The normalized spacial score (nSPS) is 15.6. The van der Waals surface area contributed by atoms with E-state index in [9.17, 15) is 14.4 Å². The number of esters is 1. The number of rotatable bonds is 10. The molecule has 186 valence electrons. The van der Waals surface area contributed by atoms with Gasteiger partial charge in [0.15, 0.2) is 0 Å². The number of carbonyl (C=O) groups is 3. The molecule has 35 heavy (non-hydrogen) atoms. The van der Waals surface area contributed by atoms with Crippen LogP contribution in [0.4, 0.5) is 10.5 Å². The van der Waals surface area contributed by atoms with E-state index in [4.69, 9.17) is 9.47 Å². The fourth-order valence-corrected chi connectivity index (χ4v) is 4.00. The number of hydrogen-bond donors (Lipinski definition) is 2. The van der Waals surface area contributed by atoms with Gasteiger partial charge in [-0.2, -0.15) is 0 Å². The minimum atomic E-state index is -0.674. The fourth-order valence-electron chi connectivity index (χ4n) is 3.74. The van der Waals surface area contributed by atoms with Crippen molar-refractivity contribution in [1.82, 2.24) is 10.2 Å². The first kappa shape index (κ1) is 26.4. The lowest BCUT2D eigenvalue weighted by molar-refractivity contribution is -0.140. The van der Waals surface area contributed by atoms with E-state index in [1.54, 1.807) is 60.4 Å². The zero-order valence-corrected chi connectivity index (χ0v) is 21.7. The van der Waals surface area contributed by atoms with Gasteiger partial charge in [0.05, 0.1) is 18.2 Å². The number of nitrogens with zero attached hydrogens (tertiary/aromatic N) is 1. The molecular weight excluding hydrogens is 514 g/mol. The van der Waals surface area contributed by atoms with Crippen LogP contribution in [0.5, 0.6) is 0 Å². The van der Waals surface area contributed by atoms with Crippen LogP contribution in [0, 0.1) is 0 Å². The van der Waals surface area contributed by atoms with Gasteiger partial charge < -0.3 is 20.1 Å². The average molecular weight is 544 g/mol. The van der Waals surface area contributed by atoms with Crippen molar-refractivity contribution in [2.24, 2.45) is 0 Å². The molecule has 0 radical (unpaired) electrons. The highest BCUT2D eigenvalue weighted by atomic mass is 79.9. The molecular formula is C26H30BrN3O5. The summed E-state index contributed by atoms with van der Waals surface area (Å²) < 4.78 is 11.3. The molecule has 1 heterocycles. The number of halogens is 1. The molecule has 0 spiro atoms. The number of anilines is 1. The Hall–Kier alpha value is -3.17. The maximum absolute atomic E-state index is 13.0. The van der Waals surface area contributed by atoms with Gasteiger partial charge in [-0.25, -0.2) is 9.59 Å². The minimum Gasteiger partial charge on any atom is -0.460 e. The van der Waals surface area contributed by atoms with Gasteiger partial charge in [-0.15, -0.1) is 0 Å². The summed E-state index contributed by atoms with van der Waals surface area (Å²) in [7, 11) is 1.53. The minimum absolute atomic E-state index is 0.114. The molecule has 0 bridgehead atoms. The van der Waals surface area contributed by atoms with Crippen LogP contribution in [0.3, 0.4) is 0 Å². The molecule has 0 saturated heterocycles. The van der Waals surface area contributed by atoms with E-state index in [1.165, 1.54) is 7.11 Å². The van der Waals surface area contributed by atoms with E-state index >= 15 is 0 Å². The topological polar surface area (TPSA) is 97.0 Å². The molecule has 1 atom stereocenters. The Morgan fingerprint density at radius 3 is 2.40 bits per heavy atom. The van der Waals surface area contributed by atoms with Gasteiger partial charge in [-0.3, -0.25) is 9.69 Å². The smallest absolute Gasteiger partial charge is 0.338 e. The first-order valence-corrected chi connectivity index (χ1v) is 12.3. The van der Waals surface area contributed by atoms with E-state index in [0.29, 0.717) is 34.6 Å². The second-order valence-corrected chi connectivity index (χ2v) is 9.01. The Labute approximate surface area is 213 Å². The molecule has 3 rings (SSSR count). The molecule has 8 nitrogen and oxygen atoms in total. The van der Waals surface area contributed by atoms with Crippen molar-refractivity contribution in [1.29, 1.82) is 0 Å². The van der Waals surface area contributed by atoms with Crippen LogP contribution in [0.25, 0.3) is 0 Å². The van der Waals surface area contributed by atoms with Crippen LogP contribution in [0.15, 0.2) is 64.3 Å². The van der Waals surface area contributed by atoms with Crippen LogP contribution in [-0.4, -0.2) is 49.7 Å². The van der Waals surface area contributed by atoms with Gasteiger partial charge in [0.1, 0.15) is 6.61 Å². The summed E-state index contributed by atoms with van der Waals surface area (Å²) in [5.41, 5.74) is 2.78. The molecule has 2 N–H and O–H groups in total. The summed E-state index contributed by atoms with van der Waals surface area (Å²) in [6.07, 6.45) is 1.73. The highest BCUT2D eigenvalue weighted by molar-refractivity contribution is 9.10. The highest BCUT2D eigenvalue weighted by Crippen LogP contribution is 2.32. The van der Waals surface area contributed by atoms with Gasteiger partial charge in [-0.05, 0) is 55.3 Å². The zero-order valence-electron chi connectivity index (χ0n) is 20.1. The predicted molar refractivity (Wildman–Crippen MR) is 137 cm³/mol. The number of benzene rings is 2. The lowest BCUT2D eigenvalue weighted by Gasteiger charge is -2.35. The van der Waals surface area contributed by atoms with Crippen molar-refractivity contribution in [3.8, 4) is 0 Å². The Balaban J connectivity index is 1.83. The molecule has 0 fully saturated rings. The fraction of sp³-hybridized carbons (Fsp3) is 0.346. The van der Waals surface area contributed by atoms with E-state index in [0.717, 1.165) is 17.3 Å². The van der Waals surface area contributed by atoms with Crippen LogP contribution >= 0.6 is 15.9 Å². The number of amides is 3. The Kier molecular flexibility index (Phi) is 9.45. The molecule has 0 saturated carbocycles. The summed E-state index contributed by atoms with van der Waals surface area (Å²) in [6, 6.07) is 13.2. The van der Waals surface area contributed by atoms with E-state index in [1.807, 2.05) is 6.92 Å².